The fourth-order valence-electron chi connectivity index (χ4n) is 6.93. The summed E-state index contributed by atoms with van der Waals surface area (Å²) < 4.78 is 1.32. The van der Waals surface area contributed by atoms with Crippen LogP contribution in [0.15, 0.2) is 109 Å². The Labute approximate surface area is 280 Å². The van der Waals surface area contributed by atoms with Gasteiger partial charge in [-0.2, -0.15) is 9.78 Å². The van der Waals surface area contributed by atoms with Crippen LogP contribution in [-0.4, -0.2) is 33.5 Å². The second-order valence-corrected chi connectivity index (χ2v) is 12.4. The molecule has 1 aliphatic heterocycles. The zero-order chi connectivity index (χ0) is 32.9. The summed E-state index contributed by atoms with van der Waals surface area (Å²) >= 11 is 12.7. The number of fused-ring (bicyclic) bond motifs is 1. The van der Waals surface area contributed by atoms with E-state index in [1.54, 1.807) is 48.5 Å². The largest absolute Gasteiger partial charge is 0.328 e. The predicted octanol–water partition coefficient (Wildman–Crippen LogP) is 7.34. The number of nitrogens with one attached hydrogen (secondary N) is 2. The maximum absolute atomic E-state index is 14.7. The molecular weight excluding hydrogens is 635 g/mol. The van der Waals surface area contributed by atoms with Crippen LogP contribution in [-0.2, 0) is 9.59 Å². The van der Waals surface area contributed by atoms with Gasteiger partial charge in [-0.05, 0) is 52.6 Å². The number of allylic oxidation sites excluding steroid dienone is 1. The third-order valence-electron chi connectivity index (χ3n) is 8.79. The molecule has 5 aromatic rings. The summed E-state index contributed by atoms with van der Waals surface area (Å²) in [6.07, 6.45) is 1.88. The third kappa shape index (κ3) is 4.97. The molecule has 1 spiro atoms. The maximum atomic E-state index is 14.7. The lowest BCUT2D eigenvalue weighted by Crippen LogP contribution is -2.67. The molecule has 0 saturated carbocycles. The number of carbonyl (C=O) groups excluding carboxylic acids is 4. The molecule has 47 heavy (non-hydrogen) atoms. The zero-order valence-electron chi connectivity index (χ0n) is 24.9. The van der Waals surface area contributed by atoms with Crippen LogP contribution in [0.4, 0.5) is 4.79 Å². The van der Waals surface area contributed by atoms with Crippen LogP contribution < -0.4 is 10.6 Å². The topological polar surface area (TPSA) is 110 Å². The molecular formula is C37H26Cl2N4O4. The third-order valence-corrected chi connectivity index (χ3v) is 9.29. The minimum absolute atomic E-state index is 0.364. The Morgan fingerprint density at radius 3 is 1.79 bits per heavy atom. The number of nitrogens with zero attached hydrogens (tertiary/aromatic N) is 2. The average Bonchev–Trinajstić information content (AvgIpc) is 3.46. The molecule has 2 N–H and O–H groups in total. The number of aromatic nitrogens is 2. The van der Waals surface area contributed by atoms with E-state index in [0.717, 1.165) is 5.56 Å². The Hall–Kier alpha value is -5.31. The van der Waals surface area contributed by atoms with Crippen LogP contribution in [0.25, 0.3) is 22.9 Å². The normalized spacial score (nSPS) is 19.3. The van der Waals surface area contributed by atoms with Gasteiger partial charge in [0, 0.05) is 39.9 Å². The average molecular weight is 662 g/mol. The summed E-state index contributed by atoms with van der Waals surface area (Å²) in [6, 6.07) is 31.5. The van der Waals surface area contributed by atoms with Crippen molar-refractivity contribution in [3.05, 3.63) is 147 Å². The summed E-state index contributed by atoms with van der Waals surface area (Å²) in [5, 5.41) is 10.7. The first-order chi connectivity index (χ1) is 22.7. The molecule has 1 saturated heterocycles. The monoisotopic (exact) mass is 660 g/mol. The summed E-state index contributed by atoms with van der Waals surface area (Å²) in [6.45, 7) is 1.41. The molecule has 8 nitrogen and oxygen atoms in total. The van der Waals surface area contributed by atoms with Gasteiger partial charge in [-0.25, -0.2) is 4.79 Å². The Kier molecular flexibility index (Phi) is 7.62. The molecule has 232 valence electrons. The Morgan fingerprint density at radius 2 is 1.26 bits per heavy atom. The number of halogens is 2. The number of hydrogen-bond donors (Lipinski definition) is 2. The molecule has 7 rings (SSSR count). The van der Waals surface area contributed by atoms with Crippen LogP contribution in [0, 0.1) is 5.41 Å². The molecule has 4 amide bonds. The molecule has 1 fully saturated rings. The first-order valence-corrected chi connectivity index (χ1v) is 15.6. The van der Waals surface area contributed by atoms with Crippen molar-refractivity contribution in [3.8, 4) is 11.3 Å². The SMILES string of the molecule is CC(=O)n1nc2c(c1-c1ccccc1)C(c1ccc(Cl)cc1)C1(C(=O)NC(=O)NC1=O)C(c1ccc(Cl)cc1)/C2=C/c1ccccc1. The molecule has 10 heteroatoms. The van der Waals surface area contributed by atoms with Gasteiger partial charge in [0.2, 0.25) is 17.7 Å². The van der Waals surface area contributed by atoms with Crippen LogP contribution >= 0.6 is 23.2 Å². The van der Waals surface area contributed by atoms with Crippen molar-refractivity contribution in [2.75, 3.05) is 0 Å². The second kappa shape index (κ2) is 11.8. The number of hydrogen-bond acceptors (Lipinski definition) is 5. The number of carbonyl (C=O) groups is 4. The Bertz CT molecular complexity index is 2070. The highest BCUT2D eigenvalue weighted by Gasteiger charge is 2.66. The van der Waals surface area contributed by atoms with E-state index in [-0.39, 0.29) is 5.91 Å². The van der Waals surface area contributed by atoms with Crippen molar-refractivity contribution >= 4 is 58.6 Å². The highest BCUT2D eigenvalue weighted by molar-refractivity contribution is 6.31. The molecule has 0 bridgehead atoms. The van der Waals surface area contributed by atoms with Gasteiger partial charge < -0.3 is 0 Å². The lowest BCUT2D eigenvalue weighted by Gasteiger charge is -2.49. The zero-order valence-corrected chi connectivity index (χ0v) is 26.4. The van der Waals surface area contributed by atoms with Gasteiger partial charge in [-0.3, -0.25) is 25.0 Å². The molecule has 2 heterocycles. The smallest absolute Gasteiger partial charge is 0.277 e. The lowest BCUT2D eigenvalue weighted by atomic mass is 9.52. The van der Waals surface area contributed by atoms with Gasteiger partial charge in [0.1, 0.15) is 0 Å². The molecule has 2 atom stereocenters. The summed E-state index contributed by atoms with van der Waals surface area (Å²) in [7, 11) is 0. The molecule has 2 aliphatic rings. The number of benzene rings is 4. The number of imide groups is 2. The highest BCUT2D eigenvalue weighted by atomic mass is 35.5. The lowest BCUT2D eigenvalue weighted by molar-refractivity contribution is -0.146. The summed E-state index contributed by atoms with van der Waals surface area (Å²) in [5.74, 6) is -3.98. The van der Waals surface area contributed by atoms with E-state index >= 15 is 0 Å². The van der Waals surface area contributed by atoms with E-state index in [2.05, 4.69) is 10.6 Å². The molecule has 1 aromatic heterocycles. The van der Waals surface area contributed by atoms with Crippen molar-refractivity contribution in [3.63, 3.8) is 0 Å². The minimum Gasteiger partial charge on any atom is -0.277 e. The van der Waals surface area contributed by atoms with E-state index in [0.29, 0.717) is 49.3 Å². The van der Waals surface area contributed by atoms with Crippen molar-refractivity contribution in [2.45, 2.75) is 18.8 Å². The number of rotatable bonds is 4. The Morgan fingerprint density at radius 1 is 0.745 bits per heavy atom. The molecule has 0 radical (unpaired) electrons. The standard InChI is InChI=1S/C37H26Cl2N4O4/c1-21(44)43-33(25-10-6-3-7-11-25)29-31(24-14-18-27(39)19-15-24)37(34(45)40-36(47)41-35(37)46)30(23-12-16-26(38)17-13-23)28(32(29)42-43)20-22-8-4-2-5-9-22/h2-20,30-31H,1H3,(H2,40,41,45,46,47)/b28-20-. The van der Waals surface area contributed by atoms with Gasteiger partial charge >= 0.3 is 6.03 Å². The maximum Gasteiger partial charge on any atom is 0.328 e. The van der Waals surface area contributed by atoms with E-state index in [9.17, 15) is 19.2 Å². The van der Waals surface area contributed by atoms with Crippen molar-refractivity contribution in [1.29, 1.82) is 0 Å². The number of barbiturate groups is 1. The van der Waals surface area contributed by atoms with Crippen LogP contribution in [0.3, 0.4) is 0 Å². The molecule has 2 unspecified atom stereocenters. The predicted molar refractivity (Wildman–Crippen MR) is 180 cm³/mol. The number of amides is 4. The summed E-state index contributed by atoms with van der Waals surface area (Å²) in [4.78, 5) is 55.5. The fraction of sp³-hybridized carbons (Fsp3) is 0.108. The quantitative estimate of drug-likeness (QED) is 0.196. The fourth-order valence-corrected chi connectivity index (χ4v) is 7.18. The van der Waals surface area contributed by atoms with Crippen LogP contribution in [0.5, 0.6) is 0 Å². The van der Waals surface area contributed by atoms with E-state index in [1.807, 2.05) is 66.7 Å². The van der Waals surface area contributed by atoms with E-state index in [1.165, 1.54) is 11.6 Å². The molecule has 1 aliphatic carbocycles. The highest BCUT2D eigenvalue weighted by Crippen LogP contribution is 2.63. The van der Waals surface area contributed by atoms with Crippen LogP contribution in [0.1, 0.15) is 51.5 Å². The van der Waals surface area contributed by atoms with Gasteiger partial charge in [0.05, 0.1) is 11.4 Å². The number of urea groups is 1. The van der Waals surface area contributed by atoms with Gasteiger partial charge in [0.15, 0.2) is 5.41 Å². The minimum atomic E-state index is -1.99. The first kappa shape index (κ1) is 30.3. The summed E-state index contributed by atoms with van der Waals surface area (Å²) in [5.41, 5.74) is 2.45. The first-order valence-electron chi connectivity index (χ1n) is 14.8. The van der Waals surface area contributed by atoms with E-state index < -0.39 is 35.1 Å². The van der Waals surface area contributed by atoms with Gasteiger partial charge in [-0.15, -0.1) is 0 Å². The molecule has 4 aromatic carbocycles. The van der Waals surface area contributed by atoms with Gasteiger partial charge in [-0.1, -0.05) is 108 Å². The van der Waals surface area contributed by atoms with Crippen molar-refractivity contribution in [1.82, 2.24) is 20.4 Å². The van der Waals surface area contributed by atoms with E-state index in [4.69, 9.17) is 28.3 Å². The Balaban J connectivity index is 1.71. The van der Waals surface area contributed by atoms with Gasteiger partial charge in [0.25, 0.3) is 0 Å². The van der Waals surface area contributed by atoms with Crippen molar-refractivity contribution in [2.24, 2.45) is 5.41 Å². The van der Waals surface area contributed by atoms with Crippen molar-refractivity contribution < 1.29 is 19.2 Å². The second-order valence-electron chi connectivity index (χ2n) is 11.5. The van der Waals surface area contributed by atoms with Crippen LogP contribution in [0.2, 0.25) is 10.0 Å².